The molecule has 4 nitrogen and oxygen atoms in total. The van der Waals surface area contributed by atoms with Crippen molar-refractivity contribution in [2.45, 2.75) is 37.8 Å². The molecule has 2 atom stereocenters. The Kier molecular flexibility index (Phi) is 3.34. The number of amides is 1. The molecule has 1 aliphatic rings. The maximum atomic E-state index is 10.4. The maximum absolute atomic E-state index is 10.4. The van der Waals surface area contributed by atoms with Gasteiger partial charge in [-0.05, 0) is 12.8 Å². The molecule has 1 rings (SSSR count). The van der Waals surface area contributed by atoms with Crippen LogP contribution in [0, 0.1) is 0 Å². The number of carboxylic acid groups (broad SMARTS) is 1. The third-order valence-corrected chi connectivity index (χ3v) is 2.31. The molecule has 12 heavy (non-hydrogen) atoms. The van der Waals surface area contributed by atoms with Gasteiger partial charge in [0.15, 0.2) is 0 Å². The molecular weight excluding hydrogens is 158 g/mol. The topological polar surface area (TPSA) is 58.6 Å². The van der Waals surface area contributed by atoms with Crippen molar-refractivity contribution in [2.24, 2.45) is 0 Å². The summed E-state index contributed by atoms with van der Waals surface area (Å²) in [6, 6.07) is -0.0127. The molecule has 0 aromatic heterocycles. The van der Waals surface area contributed by atoms with Crippen molar-refractivity contribution < 1.29 is 14.6 Å². The van der Waals surface area contributed by atoms with E-state index >= 15 is 0 Å². The molecule has 0 bridgehead atoms. The fourth-order valence-electron chi connectivity index (χ4n) is 1.70. The molecule has 0 heterocycles. The van der Waals surface area contributed by atoms with Gasteiger partial charge >= 0.3 is 6.09 Å². The van der Waals surface area contributed by atoms with Gasteiger partial charge in [0.25, 0.3) is 0 Å². The van der Waals surface area contributed by atoms with Gasteiger partial charge in [-0.3, -0.25) is 0 Å². The molecule has 1 saturated carbocycles. The summed E-state index contributed by atoms with van der Waals surface area (Å²) in [4.78, 5) is 10.4. The van der Waals surface area contributed by atoms with Gasteiger partial charge in [0.1, 0.15) is 0 Å². The molecule has 0 aliphatic heterocycles. The molecule has 0 aromatic carbocycles. The van der Waals surface area contributed by atoms with E-state index in [0.717, 1.165) is 25.7 Å². The summed E-state index contributed by atoms with van der Waals surface area (Å²) in [6.45, 7) is 0. The van der Waals surface area contributed by atoms with Crippen molar-refractivity contribution in [2.75, 3.05) is 7.11 Å². The number of hydrogen-bond donors (Lipinski definition) is 2. The van der Waals surface area contributed by atoms with Crippen LogP contribution in [-0.2, 0) is 4.74 Å². The van der Waals surface area contributed by atoms with Gasteiger partial charge in [-0.2, -0.15) is 0 Å². The van der Waals surface area contributed by atoms with Gasteiger partial charge in [0, 0.05) is 7.11 Å². The van der Waals surface area contributed by atoms with Crippen LogP contribution < -0.4 is 5.32 Å². The van der Waals surface area contributed by atoms with Crippen molar-refractivity contribution in [3.05, 3.63) is 0 Å². The molecule has 0 unspecified atom stereocenters. The lowest BCUT2D eigenvalue weighted by molar-refractivity contribution is 0.0421. The Morgan fingerprint density at radius 1 is 1.50 bits per heavy atom. The second kappa shape index (κ2) is 4.30. The van der Waals surface area contributed by atoms with E-state index in [4.69, 9.17) is 9.84 Å². The van der Waals surface area contributed by atoms with Gasteiger partial charge in [-0.15, -0.1) is 0 Å². The van der Waals surface area contributed by atoms with Crippen LogP contribution in [-0.4, -0.2) is 30.5 Å². The lowest BCUT2D eigenvalue weighted by atomic mass is 9.92. The normalized spacial score (nSPS) is 29.8. The maximum Gasteiger partial charge on any atom is 0.404 e. The molecule has 1 amide bonds. The summed E-state index contributed by atoms with van der Waals surface area (Å²) in [7, 11) is 1.63. The molecule has 1 aliphatic carbocycles. The predicted octanol–water partition coefficient (Wildman–Crippen LogP) is 1.21. The van der Waals surface area contributed by atoms with Crippen LogP contribution in [0.5, 0.6) is 0 Å². The van der Waals surface area contributed by atoms with E-state index < -0.39 is 6.09 Å². The highest BCUT2D eigenvalue weighted by Gasteiger charge is 2.25. The first-order valence-corrected chi connectivity index (χ1v) is 4.26. The van der Waals surface area contributed by atoms with Crippen LogP contribution in [0.1, 0.15) is 25.7 Å². The summed E-state index contributed by atoms with van der Waals surface area (Å²) in [6.07, 6.45) is 3.19. The summed E-state index contributed by atoms with van der Waals surface area (Å²) in [5.41, 5.74) is 0. The zero-order chi connectivity index (χ0) is 8.97. The van der Waals surface area contributed by atoms with Gasteiger partial charge in [0.05, 0.1) is 12.1 Å². The highest BCUT2D eigenvalue weighted by Crippen LogP contribution is 2.20. The largest absolute Gasteiger partial charge is 0.465 e. The molecule has 0 saturated heterocycles. The lowest BCUT2D eigenvalue weighted by Gasteiger charge is -2.29. The summed E-state index contributed by atoms with van der Waals surface area (Å²) in [5.74, 6) is 0. The molecule has 1 fully saturated rings. The van der Waals surface area contributed by atoms with Gasteiger partial charge in [0.2, 0.25) is 0 Å². The van der Waals surface area contributed by atoms with Gasteiger partial charge in [-0.25, -0.2) is 4.79 Å². The zero-order valence-corrected chi connectivity index (χ0v) is 7.25. The van der Waals surface area contributed by atoms with Crippen molar-refractivity contribution >= 4 is 6.09 Å². The van der Waals surface area contributed by atoms with E-state index in [1.165, 1.54) is 0 Å². The number of hydrogen-bond acceptors (Lipinski definition) is 2. The average Bonchev–Trinajstić information content (AvgIpc) is 2.04. The van der Waals surface area contributed by atoms with E-state index in [-0.39, 0.29) is 12.1 Å². The van der Waals surface area contributed by atoms with Crippen molar-refractivity contribution in [3.63, 3.8) is 0 Å². The smallest absolute Gasteiger partial charge is 0.404 e. The van der Waals surface area contributed by atoms with E-state index in [1.54, 1.807) is 7.11 Å². The first-order chi connectivity index (χ1) is 5.74. The van der Waals surface area contributed by atoms with Crippen molar-refractivity contribution in [3.8, 4) is 0 Å². The average molecular weight is 173 g/mol. The first-order valence-electron chi connectivity index (χ1n) is 4.26. The Labute approximate surface area is 71.9 Å². The molecule has 70 valence electrons. The first kappa shape index (κ1) is 9.32. The van der Waals surface area contributed by atoms with Gasteiger partial charge in [-0.1, -0.05) is 12.8 Å². The van der Waals surface area contributed by atoms with E-state index in [9.17, 15) is 4.79 Å². The van der Waals surface area contributed by atoms with Crippen LogP contribution in [0.4, 0.5) is 4.79 Å². The van der Waals surface area contributed by atoms with E-state index in [0.29, 0.717) is 0 Å². The Hall–Kier alpha value is -0.770. The van der Waals surface area contributed by atoms with Crippen molar-refractivity contribution in [1.82, 2.24) is 5.32 Å². The van der Waals surface area contributed by atoms with Crippen LogP contribution in [0.25, 0.3) is 0 Å². The van der Waals surface area contributed by atoms with Gasteiger partial charge < -0.3 is 15.2 Å². The van der Waals surface area contributed by atoms with Crippen LogP contribution >= 0.6 is 0 Å². The monoisotopic (exact) mass is 173 g/mol. The second-order valence-corrected chi connectivity index (χ2v) is 3.11. The van der Waals surface area contributed by atoms with Crippen LogP contribution in [0.3, 0.4) is 0 Å². The number of carbonyl (C=O) groups is 1. The quantitative estimate of drug-likeness (QED) is 0.660. The molecule has 2 N–H and O–H groups in total. The Morgan fingerprint density at radius 2 is 2.17 bits per heavy atom. The second-order valence-electron chi connectivity index (χ2n) is 3.11. The third-order valence-electron chi connectivity index (χ3n) is 2.31. The minimum Gasteiger partial charge on any atom is -0.465 e. The highest BCUT2D eigenvalue weighted by atomic mass is 16.5. The minimum absolute atomic E-state index is 0.0127. The summed E-state index contributed by atoms with van der Waals surface area (Å²) in [5, 5.41) is 11.0. The van der Waals surface area contributed by atoms with Crippen LogP contribution in [0.15, 0.2) is 0 Å². The molecule has 0 radical (unpaired) electrons. The zero-order valence-electron chi connectivity index (χ0n) is 7.25. The number of methoxy groups -OCH3 is 1. The molecular formula is C8H15NO3. The standard InChI is InChI=1S/C8H15NO3/c1-12-7-5-3-2-4-6(7)9-8(10)11/h6-7,9H,2-5H2,1H3,(H,10,11)/t6-,7+/m1/s1. The SMILES string of the molecule is CO[C@H]1CCCC[C@H]1NC(=O)O. The minimum atomic E-state index is -0.955. The number of ether oxygens (including phenoxy) is 1. The predicted molar refractivity (Wildman–Crippen MR) is 44.2 cm³/mol. The Bertz CT molecular complexity index is 160. The summed E-state index contributed by atoms with van der Waals surface area (Å²) < 4.78 is 5.18. The fourth-order valence-corrected chi connectivity index (χ4v) is 1.70. The van der Waals surface area contributed by atoms with E-state index in [2.05, 4.69) is 5.32 Å². The number of rotatable bonds is 2. The fraction of sp³-hybridized carbons (Fsp3) is 0.875. The van der Waals surface area contributed by atoms with E-state index in [1.807, 2.05) is 0 Å². The van der Waals surface area contributed by atoms with Crippen LogP contribution in [0.2, 0.25) is 0 Å². The Morgan fingerprint density at radius 3 is 2.75 bits per heavy atom. The highest BCUT2D eigenvalue weighted by molar-refractivity contribution is 5.64. The Balaban J connectivity index is 2.41. The van der Waals surface area contributed by atoms with Crippen molar-refractivity contribution in [1.29, 1.82) is 0 Å². The lowest BCUT2D eigenvalue weighted by Crippen LogP contribution is -2.45. The number of nitrogens with one attached hydrogen (secondary N) is 1. The molecule has 0 spiro atoms. The molecule has 4 heteroatoms. The third kappa shape index (κ3) is 2.37. The molecule has 0 aromatic rings. The summed E-state index contributed by atoms with van der Waals surface area (Å²) >= 11 is 0.